The summed E-state index contributed by atoms with van der Waals surface area (Å²) in [4.78, 5) is 21.0. The lowest BCUT2D eigenvalue weighted by Crippen LogP contribution is -2.41. The number of carbonyl (C=O) groups excluding carboxylic acids is 2. The van der Waals surface area contributed by atoms with Gasteiger partial charge in [-0.3, -0.25) is 10.1 Å². The SMILES string of the molecule is CCC(C)C(Br)C(=O)NC(N)=O. The maximum Gasteiger partial charge on any atom is 0.318 e. The average molecular weight is 237 g/mol. The summed E-state index contributed by atoms with van der Waals surface area (Å²) in [6.45, 7) is 3.89. The van der Waals surface area contributed by atoms with Crippen LogP contribution in [0.5, 0.6) is 0 Å². The van der Waals surface area contributed by atoms with E-state index in [1.54, 1.807) is 0 Å². The van der Waals surface area contributed by atoms with Gasteiger partial charge >= 0.3 is 6.03 Å². The molecule has 0 fully saturated rings. The second-order valence-corrected chi connectivity index (χ2v) is 3.63. The zero-order valence-electron chi connectivity index (χ0n) is 7.13. The number of carbonyl (C=O) groups is 2. The van der Waals surface area contributed by atoms with Crippen molar-refractivity contribution >= 4 is 27.9 Å². The van der Waals surface area contributed by atoms with Crippen molar-refractivity contribution in [3.8, 4) is 0 Å². The van der Waals surface area contributed by atoms with Gasteiger partial charge in [-0.2, -0.15) is 0 Å². The van der Waals surface area contributed by atoms with Gasteiger partial charge < -0.3 is 5.73 Å². The van der Waals surface area contributed by atoms with E-state index in [1.165, 1.54) is 0 Å². The highest BCUT2D eigenvalue weighted by Gasteiger charge is 2.21. The molecule has 0 aromatic rings. The third kappa shape index (κ3) is 3.71. The van der Waals surface area contributed by atoms with Gasteiger partial charge in [0, 0.05) is 0 Å². The Balaban J connectivity index is 4.01. The molecule has 3 N–H and O–H groups in total. The van der Waals surface area contributed by atoms with Crippen molar-refractivity contribution in [3.05, 3.63) is 0 Å². The van der Waals surface area contributed by atoms with E-state index >= 15 is 0 Å². The topological polar surface area (TPSA) is 72.2 Å². The number of halogens is 1. The van der Waals surface area contributed by atoms with Gasteiger partial charge in [-0.05, 0) is 5.92 Å². The Hall–Kier alpha value is -0.580. The highest BCUT2D eigenvalue weighted by molar-refractivity contribution is 9.10. The predicted octanol–water partition coefficient (Wildman–Crippen LogP) is 0.991. The van der Waals surface area contributed by atoms with E-state index in [0.29, 0.717) is 0 Å². The number of primary amides is 1. The molecule has 2 atom stereocenters. The molecule has 0 saturated heterocycles. The number of hydrogen-bond acceptors (Lipinski definition) is 2. The van der Waals surface area contributed by atoms with Crippen molar-refractivity contribution in [1.82, 2.24) is 5.32 Å². The first-order valence-electron chi connectivity index (χ1n) is 3.73. The number of amides is 3. The van der Waals surface area contributed by atoms with Gasteiger partial charge in [0.2, 0.25) is 5.91 Å². The molecule has 12 heavy (non-hydrogen) atoms. The van der Waals surface area contributed by atoms with Gasteiger partial charge in [-0.1, -0.05) is 36.2 Å². The quantitative estimate of drug-likeness (QED) is 0.718. The minimum Gasteiger partial charge on any atom is -0.351 e. The maximum absolute atomic E-state index is 11.1. The van der Waals surface area contributed by atoms with E-state index in [2.05, 4.69) is 15.9 Å². The molecule has 70 valence electrons. The smallest absolute Gasteiger partial charge is 0.318 e. The molecule has 0 aromatic heterocycles. The van der Waals surface area contributed by atoms with Gasteiger partial charge in [0.25, 0.3) is 0 Å². The van der Waals surface area contributed by atoms with Crippen molar-refractivity contribution in [1.29, 1.82) is 0 Å². The molecule has 3 amide bonds. The number of nitrogens with two attached hydrogens (primary N) is 1. The van der Waals surface area contributed by atoms with Crippen LogP contribution in [0.2, 0.25) is 0 Å². The summed E-state index contributed by atoms with van der Waals surface area (Å²) in [6, 6.07) is -0.812. The molecule has 4 nitrogen and oxygen atoms in total. The Labute approximate surface area is 80.0 Å². The third-order valence-electron chi connectivity index (χ3n) is 1.64. The molecule has 0 aliphatic carbocycles. The van der Waals surface area contributed by atoms with Crippen LogP contribution >= 0.6 is 15.9 Å². The lowest BCUT2D eigenvalue weighted by atomic mass is 10.1. The number of urea groups is 1. The van der Waals surface area contributed by atoms with Crippen LogP contribution in [0.4, 0.5) is 4.79 Å². The summed E-state index contributed by atoms with van der Waals surface area (Å²) in [7, 11) is 0. The third-order valence-corrected chi connectivity index (χ3v) is 2.96. The molecule has 2 unspecified atom stereocenters. The number of nitrogens with one attached hydrogen (secondary N) is 1. The molecule has 0 aliphatic heterocycles. The Kier molecular flexibility index (Phi) is 4.89. The summed E-state index contributed by atoms with van der Waals surface area (Å²) >= 11 is 3.18. The van der Waals surface area contributed by atoms with Crippen molar-refractivity contribution in [2.24, 2.45) is 11.7 Å². The van der Waals surface area contributed by atoms with E-state index in [1.807, 2.05) is 19.2 Å². The van der Waals surface area contributed by atoms with Crippen molar-refractivity contribution < 1.29 is 9.59 Å². The summed E-state index contributed by atoms with van der Waals surface area (Å²) in [5.74, 6) is -0.193. The van der Waals surface area contributed by atoms with Gasteiger partial charge in [-0.15, -0.1) is 0 Å². The molecular weight excluding hydrogens is 224 g/mol. The zero-order valence-corrected chi connectivity index (χ0v) is 8.72. The lowest BCUT2D eigenvalue weighted by Gasteiger charge is -2.14. The normalized spacial score (nSPS) is 14.9. The highest BCUT2D eigenvalue weighted by Crippen LogP contribution is 2.15. The predicted molar refractivity (Wildman–Crippen MR) is 49.9 cm³/mol. The fraction of sp³-hybridized carbons (Fsp3) is 0.714. The van der Waals surface area contributed by atoms with Gasteiger partial charge in [0.15, 0.2) is 0 Å². The fourth-order valence-corrected chi connectivity index (χ4v) is 1.14. The van der Waals surface area contributed by atoms with Crippen LogP contribution in [-0.4, -0.2) is 16.8 Å². The van der Waals surface area contributed by atoms with Crippen LogP contribution in [0.25, 0.3) is 0 Å². The first-order chi connectivity index (χ1) is 5.49. The Morgan fingerprint density at radius 3 is 2.42 bits per heavy atom. The van der Waals surface area contributed by atoms with E-state index in [9.17, 15) is 9.59 Å². The van der Waals surface area contributed by atoms with Gasteiger partial charge in [0.05, 0.1) is 4.83 Å². The van der Waals surface area contributed by atoms with E-state index in [0.717, 1.165) is 6.42 Å². The average Bonchev–Trinajstić information content (AvgIpc) is 2.00. The van der Waals surface area contributed by atoms with Crippen LogP contribution in [-0.2, 0) is 4.79 Å². The standard InChI is InChI=1S/C7H13BrN2O2/c1-3-4(2)5(8)6(11)10-7(9)12/h4-5H,3H2,1-2H3,(H3,9,10,11,12). The second-order valence-electron chi connectivity index (χ2n) is 2.64. The zero-order chi connectivity index (χ0) is 9.72. The minimum absolute atomic E-state index is 0.185. The van der Waals surface area contributed by atoms with E-state index < -0.39 is 6.03 Å². The Morgan fingerprint density at radius 1 is 1.58 bits per heavy atom. The second kappa shape index (κ2) is 5.13. The molecule has 0 radical (unpaired) electrons. The molecule has 0 bridgehead atoms. The van der Waals surface area contributed by atoms with Crippen LogP contribution in [0.1, 0.15) is 20.3 Å². The molecule has 5 heteroatoms. The Bertz CT molecular complexity index is 184. The van der Waals surface area contributed by atoms with Crippen molar-refractivity contribution in [3.63, 3.8) is 0 Å². The molecule has 0 aromatic carbocycles. The largest absolute Gasteiger partial charge is 0.351 e. The summed E-state index contributed by atoms with van der Waals surface area (Å²) in [5.41, 5.74) is 4.78. The summed E-state index contributed by atoms with van der Waals surface area (Å²) < 4.78 is 0. The molecule has 0 aliphatic rings. The van der Waals surface area contributed by atoms with Crippen molar-refractivity contribution in [2.75, 3.05) is 0 Å². The highest BCUT2D eigenvalue weighted by atomic mass is 79.9. The first kappa shape index (κ1) is 11.4. The summed E-state index contributed by atoms with van der Waals surface area (Å²) in [5, 5.41) is 2.01. The van der Waals surface area contributed by atoms with Crippen molar-refractivity contribution in [2.45, 2.75) is 25.1 Å². The molecule has 0 heterocycles. The van der Waals surface area contributed by atoms with Gasteiger partial charge in [0.1, 0.15) is 0 Å². The summed E-state index contributed by atoms with van der Waals surface area (Å²) in [6.07, 6.45) is 0.863. The molecular formula is C7H13BrN2O2. The monoisotopic (exact) mass is 236 g/mol. The number of hydrogen-bond donors (Lipinski definition) is 2. The lowest BCUT2D eigenvalue weighted by molar-refractivity contribution is -0.120. The van der Waals surface area contributed by atoms with Crippen LogP contribution in [0.15, 0.2) is 0 Å². The first-order valence-corrected chi connectivity index (χ1v) is 4.65. The molecule has 0 rings (SSSR count). The van der Waals surface area contributed by atoms with Gasteiger partial charge in [-0.25, -0.2) is 4.79 Å². The van der Waals surface area contributed by atoms with Crippen LogP contribution < -0.4 is 11.1 Å². The molecule has 0 spiro atoms. The van der Waals surface area contributed by atoms with E-state index in [4.69, 9.17) is 5.73 Å². The maximum atomic E-state index is 11.1. The number of rotatable bonds is 3. The molecule has 0 saturated carbocycles. The van der Waals surface area contributed by atoms with E-state index in [-0.39, 0.29) is 16.7 Å². The van der Waals surface area contributed by atoms with Crippen LogP contribution in [0, 0.1) is 5.92 Å². The number of alkyl halides is 1. The Morgan fingerprint density at radius 2 is 2.08 bits per heavy atom. The minimum atomic E-state index is -0.812. The number of imide groups is 1. The van der Waals surface area contributed by atoms with Crippen LogP contribution in [0.3, 0.4) is 0 Å². The fourth-order valence-electron chi connectivity index (χ4n) is 0.656.